The van der Waals surface area contributed by atoms with Gasteiger partial charge in [0.1, 0.15) is 0 Å². The lowest BCUT2D eigenvalue weighted by molar-refractivity contribution is 0.0223. The van der Waals surface area contributed by atoms with Crippen LogP contribution in [0.1, 0.15) is 62.8 Å². The predicted molar refractivity (Wildman–Crippen MR) is 106 cm³/mol. The summed E-state index contributed by atoms with van der Waals surface area (Å²) >= 11 is 9.08. The van der Waals surface area contributed by atoms with Crippen molar-refractivity contribution in [2.24, 2.45) is 11.8 Å². The van der Waals surface area contributed by atoms with Gasteiger partial charge in [0, 0.05) is 10.0 Å². The molecule has 1 aromatic rings. The van der Waals surface area contributed by atoms with Crippen molar-refractivity contribution < 1.29 is 4.74 Å². The van der Waals surface area contributed by atoms with Crippen LogP contribution in [0.15, 0.2) is 40.3 Å². The first-order valence-corrected chi connectivity index (χ1v) is 10.6. The summed E-state index contributed by atoms with van der Waals surface area (Å²) in [5, 5.41) is 0. The number of ether oxygens (including phenoxy) is 1. The van der Waals surface area contributed by atoms with Crippen molar-refractivity contribution in [2.45, 2.75) is 63.4 Å². The summed E-state index contributed by atoms with van der Waals surface area (Å²) in [5.74, 6) is 2.65. The Hall–Kier alpha value is -0.310. The molecule has 2 aliphatic rings. The highest BCUT2D eigenvalue weighted by atomic mass is 79.9. The van der Waals surface area contributed by atoms with Crippen molar-refractivity contribution in [3.05, 3.63) is 45.9 Å². The van der Waals surface area contributed by atoms with Crippen LogP contribution < -0.4 is 0 Å². The Kier molecular flexibility index (Phi) is 7.24. The summed E-state index contributed by atoms with van der Waals surface area (Å²) in [6, 6.07) is 8.96. The fourth-order valence-electron chi connectivity index (χ4n) is 4.61. The van der Waals surface area contributed by atoms with E-state index < -0.39 is 0 Å². The van der Waals surface area contributed by atoms with Gasteiger partial charge in [-0.3, -0.25) is 0 Å². The maximum atomic E-state index is 5.87. The van der Waals surface area contributed by atoms with Crippen molar-refractivity contribution >= 4 is 27.5 Å². The molecule has 2 aliphatic carbocycles. The number of benzene rings is 1. The first-order valence-electron chi connectivity index (χ1n) is 9.38. The number of halogens is 2. The van der Waals surface area contributed by atoms with Crippen LogP contribution in [0.2, 0.25) is 0 Å². The van der Waals surface area contributed by atoms with E-state index in [1.165, 1.54) is 61.4 Å². The first kappa shape index (κ1) is 18.5. The molecular formula is C21H28BrClO. The van der Waals surface area contributed by atoms with Crippen LogP contribution in [0.3, 0.4) is 0 Å². The van der Waals surface area contributed by atoms with Gasteiger partial charge in [0.05, 0.1) is 12.7 Å². The van der Waals surface area contributed by atoms with Gasteiger partial charge in [0.2, 0.25) is 0 Å². The minimum absolute atomic E-state index is 0.452. The summed E-state index contributed by atoms with van der Waals surface area (Å²) < 4.78 is 7.05. The molecule has 3 heteroatoms. The molecule has 1 nitrogen and oxygen atoms in total. The van der Waals surface area contributed by atoms with E-state index in [1.54, 1.807) is 5.54 Å². The molecule has 0 N–H and O–H groups in total. The monoisotopic (exact) mass is 410 g/mol. The van der Waals surface area contributed by atoms with Gasteiger partial charge < -0.3 is 4.74 Å². The maximum absolute atomic E-state index is 5.87. The Morgan fingerprint density at radius 1 is 0.917 bits per heavy atom. The first-order chi connectivity index (χ1) is 11.8. The number of hydrogen-bond acceptors (Lipinski definition) is 1. The summed E-state index contributed by atoms with van der Waals surface area (Å²) in [6.07, 6.45) is 13.0. The van der Waals surface area contributed by atoms with Crippen molar-refractivity contribution in [3.63, 3.8) is 0 Å². The van der Waals surface area contributed by atoms with Crippen LogP contribution in [-0.4, -0.2) is 12.7 Å². The standard InChI is InChI=1S/C21H28BrClO/c22-20-10-6-18(7-11-20)16-2-4-17(5-3-16)19-8-12-21(13-9-19)24-15-1-14-23/h1,6-7,10-11,14,16-17,19,21H,2-5,8-9,12-13,15H2/b14-1+/t16?,17?,19-,21-. The molecule has 0 bridgehead atoms. The Morgan fingerprint density at radius 3 is 2.08 bits per heavy atom. The second kappa shape index (κ2) is 9.40. The van der Waals surface area contributed by atoms with Gasteiger partial charge >= 0.3 is 0 Å². The summed E-state index contributed by atoms with van der Waals surface area (Å²) in [4.78, 5) is 0. The van der Waals surface area contributed by atoms with Crippen LogP contribution in [0, 0.1) is 11.8 Å². The van der Waals surface area contributed by atoms with Crippen molar-refractivity contribution in [1.82, 2.24) is 0 Å². The highest BCUT2D eigenvalue weighted by Crippen LogP contribution is 2.43. The largest absolute Gasteiger partial charge is 0.374 e. The molecule has 0 unspecified atom stereocenters. The Bertz CT molecular complexity index is 511. The molecule has 0 atom stereocenters. The summed E-state index contributed by atoms with van der Waals surface area (Å²) in [5.41, 5.74) is 3.08. The zero-order valence-electron chi connectivity index (χ0n) is 14.3. The van der Waals surface area contributed by atoms with Gasteiger partial charge in [-0.1, -0.05) is 39.7 Å². The average molecular weight is 412 g/mol. The fourth-order valence-corrected chi connectivity index (χ4v) is 4.95. The van der Waals surface area contributed by atoms with E-state index in [1.807, 2.05) is 6.08 Å². The Morgan fingerprint density at radius 2 is 1.50 bits per heavy atom. The van der Waals surface area contributed by atoms with E-state index in [9.17, 15) is 0 Å². The van der Waals surface area contributed by atoms with Crippen molar-refractivity contribution in [2.75, 3.05) is 6.61 Å². The zero-order chi connectivity index (χ0) is 16.8. The lowest BCUT2D eigenvalue weighted by Gasteiger charge is -2.37. The number of hydrogen-bond donors (Lipinski definition) is 0. The van der Waals surface area contributed by atoms with Gasteiger partial charge in [-0.2, -0.15) is 0 Å². The summed E-state index contributed by atoms with van der Waals surface area (Å²) in [7, 11) is 0. The fraction of sp³-hybridized carbons (Fsp3) is 0.619. The summed E-state index contributed by atoms with van der Waals surface area (Å²) in [6.45, 7) is 0.664. The minimum Gasteiger partial charge on any atom is -0.374 e. The normalized spacial score (nSPS) is 31.4. The molecule has 2 saturated carbocycles. The zero-order valence-corrected chi connectivity index (χ0v) is 16.6. The van der Waals surface area contributed by atoms with Crippen molar-refractivity contribution in [3.8, 4) is 0 Å². The van der Waals surface area contributed by atoms with E-state index in [0.717, 1.165) is 17.8 Å². The molecule has 0 radical (unpaired) electrons. The lowest BCUT2D eigenvalue weighted by atomic mass is 9.69. The number of rotatable bonds is 5. The van der Waals surface area contributed by atoms with Crippen LogP contribution in [-0.2, 0) is 4.74 Å². The average Bonchev–Trinajstić information content (AvgIpc) is 2.63. The Labute approximate surface area is 159 Å². The van der Waals surface area contributed by atoms with Crippen molar-refractivity contribution in [1.29, 1.82) is 0 Å². The molecule has 0 saturated heterocycles. The van der Waals surface area contributed by atoms with Crippen LogP contribution in [0.25, 0.3) is 0 Å². The molecule has 132 valence electrons. The van der Waals surface area contributed by atoms with Crippen LogP contribution >= 0.6 is 27.5 Å². The quantitative estimate of drug-likeness (QED) is 0.504. The molecule has 1 aromatic carbocycles. The van der Waals surface area contributed by atoms with Gasteiger partial charge in [-0.05, 0) is 92.9 Å². The molecule has 0 aliphatic heterocycles. The third-order valence-corrected chi connectivity index (χ3v) is 6.72. The molecule has 0 spiro atoms. The van der Waals surface area contributed by atoms with E-state index in [0.29, 0.717) is 12.7 Å². The predicted octanol–water partition coefficient (Wildman–Crippen LogP) is 7.05. The van der Waals surface area contributed by atoms with Crippen LogP contribution in [0.4, 0.5) is 0 Å². The highest BCUT2D eigenvalue weighted by molar-refractivity contribution is 9.10. The molecule has 0 amide bonds. The molecule has 0 aromatic heterocycles. The second-order valence-electron chi connectivity index (χ2n) is 7.40. The highest BCUT2D eigenvalue weighted by Gasteiger charge is 2.31. The SMILES string of the molecule is Cl/C=C/CO[C@H]1CC[C@H](C2CCC(c3ccc(Br)cc3)CC2)CC1. The van der Waals surface area contributed by atoms with Gasteiger partial charge in [-0.25, -0.2) is 0 Å². The van der Waals surface area contributed by atoms with E-state index >= 15 is 0 Å². The van der Waals surface area contributed by atoms with Gasteiger partial charge in [-0.15, -0.1) is 0 Å². The topological polar surface area (TPSA) is 9.23 Å². The lowest BCUT2D eigenvalue weighted by Crippen LogP contribution is -2.28. The molecular weight excluding hydrogens is 384 g/mol. The smallest absolute Gasteiger partial charge is 0.0662 e. The molecule has 24 heavy (non-hydrogen) atoms. The molecule has 0 heterocycles. The molecule has 2 fully saturated rings. The van der Waals surface area contributed by atoms with E-state index in [2.05, 4.69) is 40.2 Å². The third kappa shape index (κ3) is 5.09. The van der Waals surface area contributed by atoms with Gasteiger partial charge in [0.15, 0.2) is 0 Å². The molecule has 3 rings (SSSR count). The van der Waals surface area contributed by atoms with Gasteiger partial charge in [0.25, 0.3) is 0 Å². The van der Waals surface area contributed by atoms with Crippen LogP contribution in [0.5, 0.6) is 0 Å². The minimum atomic E-state index is 0.452. The maximum Gasteiger partial charge on any atom is 0.0662 e. The second-order valence-corrected chi connectivity index (χ2v) is 8.56. The Balaban J connectivity index is 1.42. The third-order valence-electron chi connectivity index (χ3n) is 6.02. The van der Waals surface area contributed by atoms with E-state index in [-0.39, 0.29) is 0 Å². The van der Waals surface area contributed by atoms with E-state index in [4.69, 9.17) is 16.3 Å².